The van der Waals surface area contributed by atoms with Gasteiger partial charge in [-0.2, -0.15) is 0 Å². The summed E-state index contributed by atoms with van der Waals surface area (Å²) in [5.41, 5.74) is 0. The zero-order chi connectivity index (χ0) is 8.10. The monoisotopic (exact) mass is 156 g/mol. The number of hydrogen-bond donors (Lipinski definition) is 0. The lowest BCUT2D eigenvalue weighted by Gasteiger charge is -2.22. The topological polar surface area (TPSA) is 46.2 Å². The van der Waals surface area contributed by atoms with Crippen molar-refractivity contribution >= 4 is 29.8 Å². The second-order valence-electron chi connectivity index (χ2n) is 2.02. The molecule has 11 heavy (non-hydrogen) atoms. The van der Waals surface area contributed by atoms with Crippen molar-refractivity contribution in [1.29, 1.82) is 0 Å². The Hall–Kier alpha value is 0.0597. The van der Waals surface area contributed by atoms with Crippen molar-refractivity contribution in [2.24, 2.45) is 0 Å². The van der Waals surface area contributed by atoms with Crippen molar-refractivity contribution in [2.75, 3.05) is 7.11 Å². The van der Waals surface area contributed by atoms with E-state index < -0.39 is 7.32 Å². The van der Waals surface area contributed by atoms with Gasteiger partial charge in [0.2, 0.25) is 0 Å². The molecule has 1 heterocycles. The van der Waals surface area contributed by atoms with Gasteiger partial charge in [0.05, 0.1) is 0 Å². The molecule has 0 amide bonds. The van der Waals surface area contributed by atoms with Crippen LogP contribution >= 0.6 is 0 Å². The highest BCUT2D eigenvalue weighted by Crippen LogP contribution is 2.01. The van der Waals surface area contributed by atoms with Gasteiger partial charge in [0, 0.05) is 7.11 Å². The van der Waals surface area contributed by atoms with Crippen LogP contribution in [0.5, 0.6) is 0 Å². The van der Waals surface area contributed by atoms with Gasteiger partial charge in [-0.15, -0.1) is 0 Å². The fourth-order valence-corrected chi connectivity index (χ4v) is 0.637. The molecule has 5 nitrogen and oxygen atoms in total. The summed E-state index contributed by atoms with van der Waals surface area (Å²) in [5, 5.41) is 0. The summed E-state index contributed by atoms with van der Waals surface area (Å²) in [7, 11) is 0.916. The highest BCUT2D eigenvalue weighted by atomic mass is 16.8. The molecule has 1 aliphatic rings. The van der Waals surface area contributed by atoms with Crippen molar-refractivity contribution in [3.05, 3.63) is 0 Å². The fourth-order valence-electron chi connectivity index (χ4n) is 0.637. The SMILES string of the molecule is COBOB1OBOB(C)O1. The molecule has 0 bridgehead atoms. The third-order valence-electron chi connectivity index (χ3n) is 1.13. The Bertz CT molecular complexity index is 113. The third kappa shape index (κ3) is 3.31. The van der Waals surface area contributed by atoms with Crippen molar-refractivity contribution < 1.29 is 22.9 Å². The van der Waals surface area contributed by atoms with Crippen LogP contribution in [0.1, 0.15) is 0 Å². The van der Waals surface area contributed by atoms with E-state index in [1.807, 2.05) is 0 Å². The van der Waals surface area contributed by atoms with Crippen LogP contribution < -0.4 is 0 Å². The van der Waals surface area contributed by atoms with Gasteiger partial charge in [-0.1, -0.05) is 0 Å². The van der Waals surface area contributed by atoms with Crippen molar-refractivity contribution in [2.45, 2.75) is 6.82 Å². The molecule has 0 atom stereocenters. The molecule has 0 radical (unpaired) electrons. The van der Waals surface area contributed by atoms with E-state index >= 15 is 0 Å². The summed E-state index contributed by atoms with van der Waals surface area (Å²) < 4.78 is 24.5. The fraction of sp³-hybridized carbons (Fsp3) is 1.00. The molecular weight excluding hydrogens is 147 g/mol. The van der Waals surface area contributed by atoms with Gasteiger partial charge < -0.3 is 22.9 Å². The van der Waals surface area contributed by atoms with Crippen LogP contribution in [0.15, 0.2) is 0 Å². The molecule has 0 aliphatic carbocycles. The smallest absolute Gasteiger partial charge is 0.456 e. The van der Waals surface area contributed by atoms with Gasteiger partial charge in [0.25, 0.3) is 0 Å². The van der Waals surface area contributed by atoms with E-state index in [-0.39, 0.29) is 22.5 Å². The molecule has 0 saturated carbocycles. The zero-order valence-electron chi connectivity index (χ0n) is 6.61. The molecule has 1 fully saturated rings. The first-order chi connectivity index (χ1) is 5.33. The molecule has 0 unspecified atom stereocenters. The van der Waals surface area contributed by atoms with Gasteiger partial charge in [-0.3, -0.25) is 0 Å². The Morgan fingerprint density at radius 3 is 2.91 bits per heavy atom. The van der Waals surface area contributed by atoms with Crippen molar-refractivity contribution in [3.8, 4) is 0 Å². The highest BCUT2D eigenvalue weighted by Gasteiger charge is 2.31. The lowest BCUT2D eigenvalue weighted by molar-refractivity contribution is 0.224. The van der Waals surface area contributed by atoms with Crippen LogP contribution in [-0.2, 0) is 22.9 Å². The quantitative estimate of drug-likeness (QED) is 0.457. The van der Waals surface area contributed by atoms with E-state index in [1.54, 1.807) is 6.82 Å². The lowest BCUT2D eigenvalue weighted by Crippen LogP contribution is -2.43. The second kappa shape index (κ2) is 4.84. The van der Waals surface area contributed by atoms with Crippen LogP contribution in [-0.4, -0.2) is 36.9 Å². The summed E-state index contributed by atoms with van der Waals surface area (Å²) in [6.45, 7) is 1.77. The normalized spacial score (nSPS) is 18.0. The van der Waals surface area contributed by atoms with Gasteiger partial charge in [0.1, 0.15) is 0 Å². The maximum Gasteiger partial charge on any atom is 0.597 e. The molecular formula is C2H8B4O5. The van der Waals surface area contributed by atoms with Crippen LogP contribution in [0.3, 0.4) is 0 Å². The first-order valence-corrected chi connectivity index (χ1v) is 3.32. The molecule has 0 aromatic carbocycles. The highest BCUT2D eigenvalue weighted by molar-refractivity contribution is 6.66. The first-order valence-electron chi connectivity index (χ1n) is 3.32. The molecule has 58 valence electrons. The van der Waals surface area contributed by atoms with Crippen molar-refractivity contribution in [1.82, 2.24) is 0 Å². The number of rotatable bonds is 3. The van der Waals surface area contributed by atoms with Crippen LogP contribution in [0.4, 0.5) is 0 Å². The second-order valence-corrected chi connectivity index (χ2v) is 2.02. The van der Waals surface area contributed by atoms with Gasteiger partial charge >= 0.3 is 29.8 Å². The van der Waals surface area contributed by atoms with E-state index in [0.29, 0.717) is 0 Å². The molecule has 9 heteroatoms. The van der Waals surface area contributed by atoms with Crippen molar-refractivity contribution in [3.63, 3.8) is 0 Å². The van der Waals surface area contributed by atoms with Crippen LogP contribution in [0.25, 0.3) is 0 Å². The molecule has 0 N–H and O–H groups in total. The summed E-state index contributed by atoms with van der Waals surface area (Å²) in [6, 6.07) is 0. The Kier molecular flexibility index (Phi) is 4.03. The standard InChI is InChI=1S/C2H8B4O5/c1-5-8-4-10-6(11-5)9-3-7-2/h3-4H,1-2H3. The predicted molar refractivity (Wildman–Crippen MR) is 43.0 cm³/mol. The Morgan fingerprint density at radius 1 is 1.45 bits per heavy atom. The third-order valence-corrected chi connectivity index (χ3v) is 1.13. The van der Waals surface area contributed by atoms with Gasteiger partial charge in [-0.05, 0) is 6.82 Å². The molecule has 0 spiro atoms. The average molecular weight is 155 g/mol. The minimum absolute atomic E-state index is 0.150. The lowest BCUT2D eigenvalue weighted by atomic mass is 9.86. The summed E-state index contributed by atoms with van der Waals surface area (Å²) in [4.78, 5) is 0. The molecule has 1 rings (SSSR count). The van der Waals surface area contributed by atoms with Crippen LogP contribution in [0.2, 0.25) is 6.82 Å². The predicted octanol–water partition coefficient (Wildman–Crippen LogP) is -1.65. The molecule has 1 aliphatic heterocycles. The Morgan fingerprint density at radius 2 is 2.27 bits per heavy atom. The molecule has 0 aromatic rings. The molecule has 0 aromatic heterocycles. The van der Waals surface area contributed by atoms with E-state index in [1.165, 1.54) is 7.11 Å². The average Bonchev–Trinajstić information content (AvgIpc) is 2.01. The minimum Gasteiger partial charge on any atom is -0.456 e. The van der Waals surface area contributed by atoms with E-state index in [2.05, 4.69) is 4.65 Å². The maximum atomic E-state index is 5.04. The summed E-state index contributed by atoms with van der Waals surface area (Å²) >= 11 is 0. The van der Waals surface area contributed by atoms with Crippen LogP contribution in [0, 0.1) is 0 Å². The molecule has 1 saturated heterocycles. The van der Waals surface area contributed by atoms with E-state index in [4.69, 9.17) is 18.3 Å². The largest absolute Gasteiger partial charge is 0.597 e. The zero-order valence-corrected chi connectivity index (χ0v) is 6.61. The van der Waals surface area contributed by atoms with E-state index in [0.717, 1.165) is 0 Å². The summed E-state index contributed by atoms with van der Waals surface area (Å²) in [5.74, 6) is 0. The Labute approximate surface area is 67.6 Å². The maximum absolute atomic E-state index is 5.04. The summed E-state index contributed by atoms with van der Waals surface area (Å²) in [6.07, 6.45) is 0. The van der Waals surface area contributed by atoms with E-state index in [9.17, 15) is 0 Å². The van der Waals surface area contributed by atoms with Gasteiger partial charge in [0.15, 0.2) is 0 Å². The first kappa shape index (κ1) is 9.15. The number of hydrogen-bond acceptors (Lipinski definition) is 5. The Balaban J connectivity index is 2.12. The minimum atomic E-state index is -0.668. The van der Waals surface area contributed by atoms with Gasteiger partial charge in [-0.25, -0.2) is 0 Å².